The molecular weight excluding hydrogens is 332 g/mol. The number of phenols is 1. The van der Waals surface area contributed by atoms with Crippen LogP contribution >= 0.6 is 0 Å². The van der Waals surface area contributed by atoms with Gasteiger partial charge < -0.3 is 5.11 Å². The van der Waals surface area contributed by atoms with Gasteiger partial charge in [0.25, 0.3) is 11.8 Å². The van der Waals surface area contributed by atoms with Gasteiger partial charge >= 0.3 is 6.03 Å². The van der Waals surface area contributed by atoms with Crippen molar-refractivity contribution in [3.63, 3.8) is 0 Å². The van der Waals surface area contributed by atoms with Gasteiger partial charge in [0.05, 0.1) is 5.69 Å². The highest BCUT2D eigenvalue weighted by Crippen LogP contribution is 2.24. The Morgan fingerprint density at radius 1 is 0.962 bits per heavy atom. The largest absolute Gasteiger partial charge is 0.508 e. The first-order chi connectivity index (χ1) is 12.4. The summed E-state index contributed by atoms with van der Waals surface area (Å²) in [6.07, 6.45) is 1.39. The summed E-state index contributed by atoms with van der Waals surface area (Å²) in [7, 11) is 0. The van der Waals surface area contributed by atoms with Gasteiger partial charge in [-0.1, -0.05) is 38.1 Å². The maximum atomic E-state index is 12.8. The second-order valence-electron chi connectivity index (χ2n) is 6.30. The molecule has 0 unspecified atom stereocenters. The third-order valence-electron chi connectivity index (χ3n) is 4.12. The van der Waals surface area contributed by atoms with Crippen molar-refractivity contribution in [1.82, 2.24) is 5.32 Å². The minimum Gasteiger partial charge on any atom is -0.508 e. The molecule has 6 nitrogen and oxygen atoms in total. The van der Waals surface area contributed by atoms with Gasteiger partial charge in [0, 0.05) is 0 Å². The minimum atomic E-state index is -0.778. The van der Waals surface area contributed by atoms with Crippen molar-refractivity contribution < 1.29 is 19.5 Å². The number of phenolic OH excluding ortho intramolecular Hbond substituents is 1. The van der Waals surface area contributed by atoms with E-state index in [1.165, 1.54) is 18.2 Å². The van der Waals surface area contributed by atoms with Crippen molar-refractivity contribution in [2.45, 2.75) is 19.8 Å². The third-order valence-corrected chi connectivity index (χ3v) is 4.12. The van der Waals surface area contributed by atoms with Gasteiger partial charge in [-0.3, -0.25) is 14.9 Å². The first kappa shape index (κ1) is 17.4. The first-order valence-electron chi connectivity index (χ1n) is 8.17. The van der Waals surface area contributed by atoms with Gasteiger partial charge in [0.15, 0.2) is 0 Å². The highest BCUT2D eigenvalue weighted by atomic mass is 16.3. The molecule has 4 amide bonds. The molecule has 1 aliphatic heterocycles. The van der Waals surface area contributed by atoms with E-state index < -0.39 is 17.8 Å². The van der Waals surface area contributed by atoms with E-state index in [1.54, 1.807) is 24.3 Å². The van der Waals surface area contributed by atoms with Crippen LogP contribution in [0.4, 0.5) is 10.5 Å². The van der Waals surface area contributed by atoms with Crippen LogP contribution in [0, 0.1) is 0 Å². The number of anilines is 1. The molecule has 0 aliphatic carbocycles. The summed E-state index contributed by atoms with van der Waals surface area (Å²) in [4.78, 5) is 38.0. The molecule has 0 aromatic heterocycles. The number of nitrogens with zero attached hydrogens (tertiary/aromatic N) is 1. The summed E-state index contributed by atoms with van der Waals surface area (Å²) in [6, 6.07) is 12.3. The molecule has 2 aromatic rings. The van der Waals surface area contributed by atoms with Crippen molar-refractivity contribution in [2.75, 3.05) is 4.90 Å². The molecule has 3 rings (SSSR count). The zero-order valence-electron chi connectivity index (χ0n) is 14.4. The number of barbiturate groups is 1. The number of hydrogen-bond donors (Lipinski definition) is 2. The number of rotatable bonds is 3. The maximum absolute atomic E-state index is 12.8. The number of nitrogens with one attached hydrogen (secondary N) is 1. The van der Waals surface area contributed by atoms with Gasteiger partial charge in [-0.2, -0.15) is 0 Å². The van der Waals surface area contributed by atoms with E-state index in [0.29, 0.717) is 17.2 Å². The highest BCUT2D eigenvalue weighted by Gasteiger charge is 2.36. The summed E-state index contributed by atoms with van der Waals surface area (Å²) in [5, 5.41) is 11.5. The predicted molar refractivity (Wildman–Crippen MR) is 97.6 cm³/mol. The van der Waals surface area contributed by atoms with Crippen molar-refractivity contribution in [3.8, 4) is 5.75 Å². The molecule has 0 bridgehead atoms. The number of carbonyl (C=O) groups excluding carboxylic acids is 3. The Hall–Kier alpha value is -3.41. The average molecular weight is 350 g/mol. The van der Waals surface area contributed by atoms with Crippen LogP contribution in [-0.4, -0.2) is 23.0 Å². The van der Waals surface area contributed by atoms with Crippen LogP contribution in [0.2, 0.25) is 0 Å². The van der Waals surface area contributed by atoms with E-state index in [1.807, 2.05) is 26.0 Å². The number of carbonyl (C=O) groups is 3. The zero-order chi connectivity index (χ0) is 18.8. The number of urea groups is 1. The molecule has 0 spiro atoms. The maximum Gasteiger partial charge on any atom is 0.335 e. The number of amides is 4. The van der Waals surface area contributed by atoms with Gasteiger partial charge in [-0.05, 0) is 47.4 Å². The number of imide groups is 2. The molecule has 6 heteroatoms. The standard InChI is InChI=1S/C20H18N2O4/c1-12(2)14-5-7-15(8-6-14)22-19(25)17(18(24)21-20(22)26)11-13-3-9-16(23)10-4-13/h3-12,23H,1-2H3,(H,21,24,26)/b17-11-. The third kappa shape index (κ3) is 3.35. The van der Waals surface area contributed by atoms with E-state index in [4.69, 9.17) is 0 Å². The van der Waals surface area contributed by atoms with Crippen LogP contribution in [0.5, 0.6) is 5.75 Å². The van der Waals surface area contributed by atoms with Crippen molar-refractivity contribution in [3.05, 3.63) is 65.2 Å². The second-order valence-corrected chi connectivity index (χ2v) is 6.30. The molecule has 0 radical (unpaired) electrons. The summed E-state index contributed by atoms with van der Waals surface area (Å²) in [6.45, 7) is 4.09. The Kier molecular flexibility index (Phi) is 4.58. The van der Waals surface area contributed by atoms with E-state index in [0.717, 1.165) is 10.5 Å². The normalized spacial score (nSPS) is 16.3. The van der Waals surface area contributed by atoms with Crippen LogP contribution in [-0.2, 0) is 9.59 Å². The Bertz CT molecular complexity index is 896. The molecule has 0 saturated carbocycles. The Morgan fingerprint density at radius 2 is 1.58 bits per heavy atom. The zero-order valence-corrected chi connectivity index (χ0v) is 14.4. The molecular formula is C20H18N2O4. The molecule has 1 heterocycles. The molecule has 2 N–H and O–H groups in total. The molecule has 1 fully saturated rings. The smallest absolute Gasteiger partial charge is 0.335 e. The summed E-state index contributed by atoms with van der Waals surface area (Å²) >= 11 is 0. The summed E-state index contributed by atoms with van der Waals surface area (Å²) < 4.78 is 0. The Balaban J connectivity index is 1.96. The first-order valence-corrected chi connectivity index (χ1v) is 8.17. The van der Waals surface area contributed by atoms with Crippen LogP contribution in [0.3, 0.4) is 0 Å². The van der Waals surface area contributed by atoms with Gasteiger partial charge in [0.1, 0.15) is 11.3 Å². The Labute approximate surface area is 150 Å². The van der Waals surface area contributed by atoms with E-state index in [-0.39, 0.29) is 11.3 Å². The van der Waals surface area contributed by atoms with E-state index in [2.05, 4.69) is 5.32 Å². The summed E-state index contributed by atoms with van der Waals surface area (Å²) in [5.74, 6) is -1.04. The van der Waals surface area contributed by atoms with Crippen molar-refractivity contribution in [2.24, 2.45) is 0 Å². The Morgan fingerprint density at radius 3 is 2.15 bits per heavy atom. The van der Waals surface area contributed by atoms with Gasteiger partial charge in [-0.15, -0.1) is 0 Å². The van der Waals surface area contributed by atoms with Gasteiger partial charge in [0.2, 0.25) is 0 Å². The van der Waals surface area contributed by atoms with Crippen LogP contribution in [0.25, 0.3) is 6.08 Å². The SMILES string of the molecule is CC(C)c1ccc(N2C(=O)NC(=O)/C(=C/c3ccc(O)cc3)C2=O)cc1. The molecule has 132 valence electrons. The molecule has 0 atom stereocenters. The van der Waals surface area contributed by atoms with Crippen molar-refractivity contribution in [1.29, 1.82) is 0 Å². The fourth-order valence-electron chi connectivity index (χ4n) is 2.64. The number of benzene rings is 2. The number of aromatic hydroxyl groups is 1. The lowest BCUT2D eigenvalue weighted by molar-refractivity contribution is -0.122. The van der Waals surface area contributed by atoms with Crippen LogP contribution < -0.4 is 10.2 Å². The molecule has 26 heavy (non-hydrogen) atoms. The number of hydrogen-bond acceptors (Lipinski definition) is 4. The molecule has 1 saturated heterocycles. The van der Waals surface area contributed by atoms with Gasteiger partial charge in [-0.25, -0.2) is 9.69 Å². The van der Waals surface area contributed by atoms with Crippen LogP contribution in [0.1, 0.15) is 30.9 Å². The quantitative estimate of drug-likeness (QED) is 0.657. The highest BCUT2D eigenvalue weighted by molar-refractivity contribution is 6.39. The molecule has 2 aromatic carbocycles. The summed E-state index contributed by atoms with van der Waals surface area (Å²) in [5.41, 5.74) is 1.88. The lowest BCUT2D eigenvalue weighted by atomic mass is 10.0. The second kappa shape index (κ2) is 6.84. The monoisotopic (exact) mass is 350 g/mol. The predicted octanol–water partition coefficient (Wildman–Crippen LogP) is 3.18. The van der Waals surface area contributed by atoms with Crippen molar-refractivity contribution >= 4 is 29.6 Å². The fraction of sp³-hybridized carbons (Fsp3) is 0.150. The topological polar surface area (TPSA) is 86.7 Å². The van der Waals surface area contributed by atoms with E-state index >= 15 is 0 Å². The average Bonchev–Trinajstić information content (AvgIpc) is 2.60. The lowest BCUT2D eigenvalue weighted by Crippen LogP contribution is -2.54. The fourth-order valence-corrected chi connectivity index (χ4v) is 2.64. The van der Waals surface area contributed by atoms with Crippen LogP contribution in [0.15, 0.2) is 54.1 Å². The van der Waals surface area contributed by atoms with E-state index in [9.17, 15) is 19.5 Å². The minimum absolute atomic E-state index is 0.0774. The molecule has 1 aliphatic rings. The lowest BCUT2D eigenvalue weighted by Gasteiger charge is -2.26.